The summed E-state index contributed by atoms with van der Waals surface area (Å²) in [6.45, 7) is 7.19. The maximum atomic E-state index is 10.9. The Morgan fingerprint density at radius 3 is 2.65 bits per heavy atom. The molecule has 0 unspecified atom stereocenters. The predicted octanol–water partition coefficient (Wildman–Crippen LogP) is 3.06. The van der Waals surface area contributed by atoms with Crippen molar-refractivity contribution in [3.8, 4) is 5.75 Å². The minimum atomic E-state index is 0.256. The van der Waals surface area contributed by atoms with Crippen molar-refractivity contribution in [1.82, 2.24) is 0 Å². The van der Waals surface area contributed by atoms with Gasteiger partial charge in [-0.15, -0.1) is 0 Å². The molecule has 0 saturated heterocycles. The molecule has 0 aliphatic heterocycles. The maximum Gasteiger partial charge on any atom is 0.229 e. The van der Waals surface area contributed by atoms with Gasteiger partial charge in [0.1, 0.15) is 5.75 Å². The number of hydrogen-bond donors (Lipinski definition) is 0. The Balaban J connectivity index is 3.04. The number of para-hydroxylation sites is 1. The fraction of sp³-hybridized carbons (Fsp3) is 0.143. The number of carbonyl (C=O) groups excluding carboxylic acids is 1. The lowest BCUT2D eigenvalue weighted by Crippen LogP contribution is -2.13. The van der Waals surface area contributed by atoms with Crippen LogP contribution in [0.3, 0.4) is 0 Å². The first kappa shape index (κ1) is 12.9. The molecule has 0 aromatic heterocycles. The highest BCUT2D eigenvalue weighted by atomic mass is 16.5. The molecule has 0 N–H and O–H groups in total. The molecule has 1 aromatic rings. The van der Waals surface area contributed by atoms with E-state index < -0.39 is 0 Å². The molecule has 3 heteroatoms. The number of carbonyl (C=O) groups is 1. The van der Waals surface area contributed by atoms with Gasteiger partial charge >= 0.3 is 0 Å². The third kappa shape index (κ3) is 3.41. The molecular weight excluding hydrogens is 214 g/mol. The maximum absolute atomic E-state index is 10.9. The van der Waals surface area contributed by atoms with Crippen molar-refractivity contribution in [2.45, 2.75) is 13.8 Å². The second-order valence-electron chi connectivity index (χ2n) is 3.35. The van der Waals surface area contributed by atoms with E-state index in [0.717, 1.165) is 5.56 Å². The molecule has 0 bridgehead atoms. The van der Waals surface area contributed by atoms with Crippen LogP contribution in [0.25, 0.3) is 0 Å². The van der Waals surface area contributed by atoms with E-state index in [9.17, 15) is 4.79 Å². The lowest BCUT2D eigenvalue weighted by Gasteiger charge is -2.09. The molecule has 0 fully saturated rings. The third-order valence-electron chi connectivity index (χ3n) is 2.19. The number of allylic oxidation sites excluding steroid dienone is 1. The largest absolute Gasteiger partial charge is 0.438 e. The molecule has 0 amide bonds. The van der Waals surface area contributed by atoms with E-state index in [1.165, 1.54) is 6.20 Å². The lowest BCUT2D eigenvalue weighted by atomic mass is 10.2. The molecule has 17 heavy (non-hydrogen) atoms. The number of nitrogens with zero attached hydrogens (tertiary/aromatic N) is 1. The molecule has 1 rings (SSSR count). The molecule has 0 radical (unpaired) electrons. The van der Waals surface area contributed by atoms with Crippen LogP contribution in [-0.4, -0.2) is 12.2 Å². The number of rotatable bonds is 4. The summed E-state index contributed by atoms with van der Waals surface area (Å²) in [5.74, 6) is 0.932. The molecule has 0 saturated carbocycles. The van der Waals surface area contributed by atoms with Crippen LogP contribution in [0.5, 0.6) is 5.75 Å². The summed E-state index contributed by atoms with van der Waals surface area (Å²) in [4.78, 5) is 14.8. The fourth-order valence-electron chi connectivity index (χ4n) is 1.26. The number of aryl methyl sites for hydroxylation is 1. The number of hydrogen-bond acceptors (Lipinski definition) is 3. The fourth-order valence-corrected chi connectivity index (χ4v) is 1.26. The van der Waals surface area contributed by atoms with Gasteiger partial charge in [-0.2, -0.15) is 0 Å². The molecule has 0 spiro atoms. The van der Waals surface area contributed by atoms with Crippen LogP contribution in [-0.2, 0) is 4.79 Å². The predicted molar refractivity (Wildman–Crippen MR) is 69.3 cm³/mol. The van der Waals surface area contributed by atoms with Crippen LogP contribution in [0.1, 0.15) is 12.5 Å². The van der Waals surface area contributed by atoms with Crippen molar-refractivity contribution in [3.05, 3.63) is 54.3 Å². The van der Waals surface area contributed by atoms with Crippen molar-refractivity contribution in [2.75, 3.05) is 0 Å². The Labute approximate surface area is 101 Å². The van der Waals surface area contributed by atoms with Crippen molar-refractivity contribution in [1.29, 1.82) is 0 Å². The molecule has 3 nitrogen and oxygen atoms in total. The minimum Gasteiger partial charge on any atom is -0.438 e. The summed E-state index contributed by atoms with van der Waals surface area (Å²) in [7, 11) is 0. The first-order valence-corrected chi connectivity index (χ1v) is 5.27. The zero-order valence-corrected chi connectivity index (χ0v) is 10.0. The standard InChI is InChI=1S/C14H15NO2/c1-4-12(10-16)14(15-5-2)17-13-9-7-6-8-11(13)3/h4-10H,2H2,1,3H3/b12-4-,15-14+. The van der Waals surface area contributed by atoms with E-state index in [0.29, 0.717) is 17.6 Å². The van der Waals surface area contributed by atoms with Crippen molar-refractivity contribution in [3.63, 3.8) is 0 Å². The molecule has 0 aliphatic carbocycles. The van der Waals surface area contributed by atoms with Crippen LogP contribution >= 0.6 is 0 Å². The molecule has 0 heterocycles. The summed E-state index contributed by atoms with van der Waals surface area (Å²) >= 11 is 0. The molecule has 1 aromatic carbocycles. The van der Waals surface area contributed by atoms with Crippen LogP contribution in [0.4, 0.5) is 0 Å². The number of benzene rings is 1. The van der Waals surface area contributed by atoms with E-state index in [4.69, 9.17) is 4.74 Å². The van der Waals surface area contributed by atoms with E-state index in [-0.39, 0.29) is 5.90 Å². The average Bonchev–Trinajstić information content (AvgIpc) is 2.34. The summed E-state index contributed by atoms with van der Waals surface area (Å²) in [5.41, 5.74) is 1.37. The van der Waals surface area contributed by atoms with E-state index in [1.807, 2.05) is 31.2 Å². The van der Waals surface area contributed by atoms with Gasteiger partial charge < -0.3 is 4.74 Å². The zero-order chi connectivity index (χ0) is 12.7. The lowest BCUT2D eigenvalue weighted by molar-refractivity contribution is -0.104. The van der Waals surface area contributed by atoms with Gasteiger partial charge in [-0.1, -0.05) is 30.9 Å². The topological polar surface area (TPSA) is 38.7 Å². The number of aliphatic imine (C=N–C) groups is 1. The van der Waals surface area contributed by atoms with E-state index in [1.54, 1.807) is 13.0 Å². The van der Waals surface area contributed by atoms with Crippen LogP contribution in [0.15, 0.2) is 53.7 Å². The van der Waals surface area contributed by atoms with Crippen molar-refractivity contribution >= 4 is 12.2 Å². The highest BCUT2D eigenvalue weighted by molar-refractivity contribution is 6.11. The molecule has 88 valence electrons. The average molecular weight is 229 g/mol. The highest BCUT2D eigenvalue weighted by Gasteiger charge is 2.09. The summed E-state index contributed by atoms with van der Waals surface area (Å²) in [6, 6.07) is 7.54. The van der Waals surface area contributed by atoms with Crippen LogP contribution in [0, 0.1) is 6.92 Å². The highest BCUT2D eigenvalue weighted by Crippen LogP contribution is 2.17. The summed E-state index contributed by atoms with van der Waals surface area (Å²) < 4.78 is 5.61. The van der Waals surface area contributed by atoms with Gasteiger partial charge in [0.2, 0.25) is 5.90 Å². The second kappa shape index (κ2) is 6.43. The first-order valence-electron chi connectivity index (χ1n) is 5.27. The molecular formula is C14H15NO2. The Morgan fingerprint density at radius 2 is 2.12 bits per heavy atom. The first-order chi connectivity index (χ1) is 8.22. The summed E-state index contributed by atoms with van der Waals surface area (Å²) in [5, 5.41) is 0. The Bertz CT molecular complexity index is 473. The smallest absolute Gasteiger partial charge is 0.229 e. The minimum absolute atomic E-state index is 0.256. The monoisotopic (exact) mass is 229 g/mol. The van der Waals surface area contributed by atoms with Gasteiger partial charge in [-0.3, -0.25) is 4.79 Å². The normalized spacial score (nSPS) is 12.1. The Morgan fingerprint density at radius 1 is 1.41 bits per heavy atom. The Hall–Kier alpha value is -2.16. The van der Waals surface area contributed by atoms with Crippen molar-refractivity contribution in [2.24, 2.45) is 4.99 Å². The summed E-state index contributed by atoms with van der Waals surface area (Å²) in [6.07, 6.45) is 3.70. The van der Waals surface area contributed by atoms with Gasteiger partial charge in [-0.25, -0.2) is 4.99 Å². The van der Waals surface area contributed by atoms with Gasteiger partial charge in [0.05, 0.1) is 5.57 Å². The van der Waals surface area contributed by atoms with Crippen LogP contribution in [0.2, 0.25) is 0 Å². The second-order valence-corrected chi connectivity index (χ2v) is 3.35. The number of aldehydes is 1. The van der Waals surface area contributed by atoms with Crippen molar-refractivity contribution < 1.29 is 9.53 Å². The van der Waals surface area contributed by atoms with Gasteiger partial charge in [0.25, 0.3) is 0 Å². The zero-order valence-electron chi connectivity index (χ0n) is 10.0. The number of ether oxygens (including phenoxy) is 1. The molecule has 0 atom stereocenters. The quantitative estimate of drug-likeness (QED) is 0.344. The van der Waals surface area contributed by atoms with E-state index in [2.05, 4.69) is 11.6 Å². The van der Waals surface area contributed by atoms with Gasteiger partial charge in [-0.05, 0) is 25.5 Å². The van der Waals surface area contributed by atoms with Gasteiger partial charge in [0.15, 0.2) is 6.29 Å². The third-order valence-corrected chi connectivity index (χ3v) is 2.19. The van der Waals surface area contributed by atoms with Crippen LogP contribution < -0.4 is 4.74 Å². The SMILES string of the molecule is C=C/N=C(Oc1ccccc1C)\C(C=O)=C/C. The Kier molecular flexibility index (Phi) is 4.88. The van der Waals surface area contributed by atoms with E-state index >= 15 is 0 Å². The molecule has 0 aliphatic rings. The van der Waals surface area contributed by atoms with Gasteiger partial charge in [0, 0.05) is 6.20 Å².